The van der Waals surface area contributed by atoms with E-state index in [4.69, 9.17) is 5.11 Å². The molecule has 0 saturated heterocycles. The number of aromatic nitrogens is 2. The Morgan fingerprint density at radius 2 is 2.30 bits per heavy atom. The van der Waals surface area contributed by atoms with E-state index in [0.29, 0.717) is 11.3 Å². The van der Waals surface area contributed by atoms with Gasteiger partial charge in [-0.2, -0.15) is 5.10 Å². The third kappa shape index (κ3) is 3.39. The summed E-state index contributed by atoms with van der Waals surface area (Å²) in [5.41, 5.74) is 1.06. The van der Waals surface area contributed by atoms with Crippen LogP contribution in [-0.4, -0.2) is 25.7 Å². The maximum Gasteiger partial charge on any atom is 0.307 e. The Morgan fingerprint density at radius 1 is 1.50 bits per heavy atom. The lowest BCUT2D eigenvalue weighted by atomic mass is 10.2. The van der Waals surface area contributed by atoms with E-state index >= 15 is 0 Å². The molecule has 8 nitrogen and oxygen atoms in total. The van der Waals surface area contributed by atoms with Crippen LogP contribution in [0.3, 0.4) is 0 Å². The zero-order valence-electron chi connectivity index (χ0n) is 10.4. The highest BCUT2D eigenvalue weighted by Crippen LogP contribution is 2.11. The number of nitrogens with one attached hydrogen (secondary N) is 1. The van der Waals surface area contributed by atoms with Crippen molar-refractivity contribution in [1.29, 1.82) is 0 Å². The lowest BCUT2D eigenvalue weighted by Crippen LogP contribution is -2.19. The van der Waals surface area contributed by atoms with Gasteiger partial charge in [0.1, 0.15) is 18.9 Å². The quantitative estimate of drug-likeness (QED) is 0.623. The monoisotopic (exact) mass is 276 g/mol. The average Bonchev–Trinajstić information content (AvgIpc) is 2.87. The molecule has 0 radical (unpaired) electrons. The van der Waals surface area contributed by atoms with Crippen LogP contribution >= 0.6 is 0 Å². The van der Waals surface area contributed by atoms with E-state index < -0.39 is 4.92 Å². The number of nitrogens with zero attached hydrogens (tertiary/aromatic N) is 3. The van der Waals surface area contributed by atoms with E-state index in [2.05, 4.69) is 10.4 Å². The number of nitro groups is 1. The molecular formula is C12H12N4O4. The van der Waals surface area contributed by atoms with Crippen LogP contribution < -0.4 is 5.32 Å². The lowest BCUT2D eigenvalue weighted by molar-refractivity contribution is -0.385. The molecule has 1 aromatic heterocycles. The van der Waals surface area contributed by atoms with Crippen LogP contribution in [0.4, 0.5) is 11.4 Å². The Hall–Kier alpha value is -2.74. The number of hydrogen-bond donors (Lipinski definition) is 2. The highest BCUT2D eigenvalue weighted by molar-refractivity contribution is 5.90. The van der Waals surface area contributed by atoms with Crippen LogP contribution in [0.25, 0.3) is 0 Å². The molecule has 1 amide bonds. The number of carbonyl (C=O) groups is 1. The van der Waals surface area contributed by atoms with Gasteiger partial charge in [-0.1, -0.05) is 12.1 Å². The van der Waals surface area contributed by atoms with Crippen LogP contribution in [-0.2, 0) is 17.9 Å². The summed E-state index contributed by atoms with van der Waals surface area (Å²) in [7, 11) is 0. The Labute approximate surface area is 113 Å². The number of amides is 1. The van der Waals surface area contributed by atoms with E-state index in [9.17, 15) is 14.9 Å². The number of benzene rings is 1. The minimum absolute atomic E-state index is 0.116. The Morgan fingerprint density at radius 3 is 2.95 bits per heavy atom. The first-order chi connectivity index (χ1) is 9.58. The van der Waals surface area contributed by atoms with Crippen LogP contribution in [0, 0.1) is 10.1 Å². The Kier molecular flexibility index (Phi) is 4.06. The van der Waals surface area contributed by atoms with Gasteiger partial charge in [0.05, 0.1) is 11.5 Å². The average molecular weight is 276 g/mol. The number of carbonyl (C=O) groups excluding carboxylic acids is 1. The highest BCUT2D eigenvalue weighted by Gasteiger charge is 2.11. The first-order valence-corrected chi connectivity index (χ1v) is 5.75. The van der Waals surface area contributed by atoms with Gasteiger partial charge in [0, 0.05) is 5.69 Å². The minimum atomic E-state index is -0.577. The summed E-state index contributed by atoms with van der Waals surface area (Å²) in [4.78, 5) is 21.7. The molecule has 0 atom stereocenters. The molecular weight excluding hydrogens is 264 g/mol. The molecule has 8 heteroatoms. The topological polar surface area (TPSA) is 110 Å². The summed E-state index contributed by atoms with van der Waals surface area (Å²) in [6.07, 6.45) is 2.27. The maximum absolute atomic E-state index is 11.8. The molecule has 0 spiro atoms. The van der Waals surface area contributed by atoms with E-state index in [1.165, 1.54) is 10.9 Å². The van der Waals surface area contributed by atoms with Gasteiger partial charge in [-0.05, 0) is 17.7 Å². The molecule has 2 rings (SSSR count). The van der Waals surface area contributed by atoms with Crippen molar-refractivity contribution in [3.8, 4) is 0 Å². The number of aliphatic hydroxyl groups is 1. The standard InChI is InChI=1S/C12H12N4O4/c17-8-9-2-1-3-10(4-9)14-12(18)7-15-6-11(5-13-15)16(19)20/h1-6,17H,7-8H2,(H,14,18). The predicted octanol–water partition coefficient (Wildman–Crippen LogP) is 0.922. The summed E-state index contributed by atoms with van der Waals surface area (Å²) in [6.45, 7) is -0.244. The number of hydrogen-bond acceptors (Lipinski definition) is 5. The van der Waals surface area contributed by atoms with Crippen molar-refractivity contribution in [3.05, 3.63) is 52.3 Å². The molecule has 0 bridgehead atoms. The molecule has 104 valence electrons. The van der Waals surface area contributed by atoms with Gasteiger partial charge >= 0.3 is 5.69 Å². The fourth-order valence-electron chi connectivity index (χ4n) is 1.63. The van der Waals surface area contributed by atoms with Crippen molar-refractivity contribution in [2.75, 3.05) is 5.32 Å². The van der Waals surface area contributed by atoms with E-state index in [-0.39, 0.29) is 24.7 Å². The molecule has 0 fully saturated rings. The first-order valence-electron chi connectivity index (χ1n) is 5.75. The number of rotatable bonds is 5. The van der Waals surface area contributed by atoms with E-state index in [0.717, 1.165) is 6.20 Å². The Balaban J connectivity index is 1.99. The smallest absolute Gasteiger partial charge is 0.307 e. The van der Waals surface area contributed by atoms with Crippen molar-refractivity contribution in [1.82, 2.24) is 9.78 Å². The Bertz CT molecular complexity index is 638. The summed E-state index contributed by atoms with van der Waals surface area (Å²) in [6, 6.07) is 6.76. The van der Waals surface area contributed by atoms with E-state index in [1.807, 2.05) is 0 Å². The molecule has 0 aliphatic rings. The van der Waals surface area contributed by atoms with Crippen LogP contribution in [0.1, 0.15) is 5.56 Å². The van der Waals surface area contributed by atoms with Crippen molar-refractivity contribution >= 4 is 17.3 Å². The van der Waals surface area contributed by atoms with Gasteiger partial charge in [0.15, 0.2) is 0 Å². The SMILES string of the molecule is O=C(Cn1cc([N+](=O)[O-])cn1)Nc1cccc(CO)c1. The molecule has 1 heterocycles. The number of aliphatic hydroxyl groups excluding tert-OH is 1. The van der Waals surface area contributed by atoms with Gasteiger partial charge in [-0.15, -0.1) is 0 Å². The predicted molar refractivity (Wildman–Crippen MR) is 69.9 cm³/mol. The number of anilines is 1. The molecule has 1 aromatic carbocycles. The third-order valence-corrected chi connectivity index (χ3v) is 2.53. The van der Waals surface area contributed by atoms with E-state index in [1.54, 1.807) is 24.3 Å². The summed E-state index contributed by atoms with van der Waals surface area (Å²) >= 11 is 0. The molecule has 2 N–H and O–H groups in total. The van der Waals surface area contributed by atoms with Gasteiger partial charge in [0.25, 0.3) is 0 Å². The molecule has 0 aliphatic heterocycles. The summed E-state index contributed by atoms with van der Waals surface area (Å²) in [5.74, 6) is -0.363. The molecule has 2 aromatic rings. The maximum atomic E-state index is 11.8. The third-order valence-electron chi connectivity index (χ3n) is 2.53. The van der Waals surface area contributed by atoms with Gasteiger partial charge < -0.3 is 10.4 Å². The normalized spacial score (nSPS) is 10.2. The highest BCUT2D eigenvalue weighted by atomic mass is 16.6. The van der Waals surface area contributed by atoms with Crippen molar-refractivity contribution in [3.63, 3.8) is 0 Å². The van der Waals surface area contributed by atoms with Gasteiger partial charge in [0.2, 0.25) is 5.91 Å². The van der Waals surface area contributed by atoms with Crippen molar-refractivity contribution in [2.45, 2.75) is 13.2 Å². The van der Waals surface area contributed by atoms with Gasteiger partial charge in [-0.25, -0.2) is 0 Å². The summed E-state index contributed by atoms with van der Waals surface area (Å²) < 4.78 is 1.18. The zero-order chi connectivity index (χ0) is 14.5. The zero-order valence-corrected chi connectivity index (χ0v) is 10.4. The molecule has 20 heavy (non-hydrogen) atoms. The molecule has 0 aliphatic carbocycles. The lowest BCUT2D eigenvalue weighted by Gasteiger charge is -2.06. The molecule has 0 unspecified atom stereocenters. The first kappa shape index (κ1) is 13.7. The van der Waals surface area contributed by atoms with Crippen molar-refractivity contribution in [2.24, 2.45) is 0 Å². The minimum Gasteiger partial charge on any atom is -0.392 e. The van der Waals surface area contributed by atoms with Crippen LogP contribution in [0.2, 0.25) is 0 Å². The fourth-order valence-corrected chi connectivity index (χ4v) is 1.63. The van der Waals surface area contributed by atoms with Crippen LogP contribution in [0.15, 0.2) is 36.7 Å². The second-order valence-corrected chi connectivity index (χ2v) is 4.06. The van der Waals surface area contributed by atoms with Crippen LogP contribution in [0.5, 0.6) is 0 Å². The second kappa shape index (κ2) is 5.93. The van der Waals surface area contributed by atoms with Gasteiger partial charge in [-0.3, -0.25) is 19.6 Å². The summed E-state index contributed by atoms with van der Waals surface area (Å²) in [5, 5.41) is 25.8. The molecule has 0 saturated carbocycles. The second-order valence-electron chi connectivity index (χ2n) is 4.06. The largest absolute Gasteiger partial charge is 0.392 e. The van der Waals surface area contributed by atoms with Crippen molar-refractivity contribution < 1.29 is 14.8 Å². The fraction of sp³-hybridized carbons (Fsp3) is 0.167.